The van der Waals surface area contributed by atoms with Gasteiger partial charge in [-0.3, -0.25) is 14.4 Å². The average Bonchev–Trinajstić information content (AvgIpc) is 3.24. The normalized spacial score (nSPS) is 29.8. The molecule has 0 radical (unpaired) electrons. The van der Waals surface area contributed by atoms with Crippen LogP contribution in [0.5, 0.6) is 0 Å². The van der Waals surface area contributed by atoms with Crippen molar-refractivity contribution < 1.29 is 24.2 Å². The highest BCUT2D eigenvalue weighted by molar-refractivity contribution is 6.34. The van der Waals surface area contributed by atoms with Crippen LogP contribution in [0.4, 0.5) is 11.4 Å². The molecule has 2 aromatic carbocycles. The molecule has 1 spiro atoms. The van der Waals surface area contributed by atoms with Gasteiger partial charge in [0.2, 0.25) is 11.8 Å². The van der Waals surface area contributed by atoms with Gasteiger partial charge in [-0.1, -0.05) is 66.2 Å². The molecule has 0 saturated carbocycles. The fourth-order valence-electron chi connectivity index (χ4n) is 6.62. The van der Waals surface area contributed by atoms with Crippen LogP contribution in [0.25, 0.3) is 0 Å². The number of amides is 3. The number of para-hydroxylation sites is 2. The molecule has 5 atom stereocenters. The van der Waals surface area contributed by atoms with Crippen molar-refractivity contribution in [1.29, 1.82) is 0 Å². The van der Waals surface area contributed by atoms with Gasteiger partial charge in [0.1, 0.15) is 11.6 Å². The number of aliphatic hydroxyl groups is 1. The zero-order chi connectivity index (χ0) is 27.3. The first kappa shape index (κ1) is 25.8. The first-order chi connectivity index (χ1) is 18.9. The van der Waals surface area contributed by atoms with Crippen molar-refractivity contribution in [3.05, 3.63) is 83.4 Å². The molecule has 39 heavy (non-hydrogen) atoms. The molecule has 202 valence electrons. The molecular formula is C30H30ClN3O5. The van der Waals surface area contributed by atoms with Crippen molar-refractivity contribution >= 4 is 40.7 Å². The van der Waals surface area contributed by atoms with E-state index in [1.54, 1.807) is 15.9 Å². The predicted octanol–water partition coefficient (Wildman–Crippen LogP) is 3.12. The monoisotopic (exact) mass is 547 g/mol. The fourth-order valence-corrected chi connectivity index (χ4v) is 6.95. The Morgan fingerprint density at radius 3 is 2.49 bits per heavy atom. The van der Waals surface area contributed by atoms with Crippen molar-refractivity contribution in [3.63, 3.8) is 0 Å². The highest BCUT2D eigenvalue weighted by Gasteiger charge is 2.71. The van der Waals surface area contributed by atoms with Crippen molar-refractivity contribution in [1.82, 2.24) is 4.90 Å². The summed E-state index contributed by atoms with van der Waals surface area (Å²) in [7, 11) is 0. The van der Waals surface area contributed by atoms with E-state index in [2.05, 4.69) is 0 Å². The largest absolute Gasteiger partial charge is 0.396 e. The maximum Gasteiger partial charge on any atom is 0.253 e. The Balaban J connectivity index is 1.45. The average molecular weight is 548 g/mol. The number of carbonyl (C=O) groups excluding carboxylic acids is 3. The van der Waals surface area contributed by atoms with Crippen LogP contribution in [-0.4, -0.2) is 71.7 Å². The summed E-state index contributed by atoms with van der Waals surface area (Å²) < 4.78 is 6.66. The van der Waals surface area contributed by atoms with E-state index in [0.717, 1.165) is 11.3 Å². The van der Waals surface area contributed by atoms with E-state index >= 15 is 0 Å². The molecule has 2 saturated heterocycles. The molecule has 4 aliphatic rings. The Morgan fingerprint density at radius 1 is 0.974 bits per heavy atom. The summed E-state index contributed by atoms with van der Waals surface area (Å²) >= 11 is 6.57. The number of aliphatic hydroxyl groups excluding tert-OH is 1. The number of anilines is 2. The Hall–Kier alpha value is -3.46. The number of fused-ring (bicyclic) bond motifs is 2. The third-order valence-electron chi connectivity index (χ3n) is 8.24. The van der Waals surface area contributed by atoms with Crippen molar-refractivity contribution in [2.24, 2.45) is 11.8 Å². The third-order valence-corrected chi connectivity index (χ3v) is 8.55. The number of hydrogen-bond acceptors (Lipinski definition) is 5. The van der Waals surface area contributed by atoms with Gasteiger partial charge in [0, 0.05) is 31.9 Å². The molecule has 0 bridgehead atoms. The molecule has 8 nitrogen and oxygen atoms in total. The molecule has 0 aromatic heterocycles. The summed E-state index contributed by atoms with van der Waals surface area (Å²) in [5.41, 5.74) is 0.822. The predicted molar refractivity (Wildman–Crippen MR) is 147 cm³/mol. The molecule has 2 fully saturated rings. The summed E-state index contributed by atoms with van der Waals surface area (Å²) in [5.74, 6) is -2.53. The lowest BCUT2D eigenvalue weighted by molar-refractivity contribution is -0.140. The maximum absolute atomic E-state index is 14.4. The Bertz CT molecular complexity index is 1360. The molecule has 1 N–H and O–H groups in total. The van der Waals surface area contributed by atoms with Crippen molar-refractivity contribution in [3.8, 4) is 0 Å². The van der Waals surface area contributed by atoms with Gasteiger partial charge in [0.25, 0.3) is 5.91 Å². The highest BCUT2D eigenvalue weighted by atomic mass is 35.5. The number of benzene rings is 2. The molecular weight excluding hydrogens is 518 g/mol. The van der Waals surface area contributed by atoms with Crippen LogP contribution in [0, 0.1) is 18.8 Å². The van der Waals surface area contributed by atoms with Crippen LogP contribution >= 0.6 is 11.6 Å². The van der Waals surface area contributed by atoms with E-state index in [1.807, 2.05) is 73.7 Å². The van der Waals surface area contributed by atoms with Crippen LogP contribution < -0.4 is 9.80 Å². The summed E-state index contributed by atoms with van der Waals surface area (Å²) in [6.45, 7) is 2.52. The van der Waals surface area contributed by atoms with Crippen LogP contribution in [-0.2, 0) is 19.1 Å². The van der Waals surface area contributed by atoms with Gasteiger partial charge in [-0.2, -0.15) is 0 Å². The SMILES string of the molecule is Cc1cccc(Cl)c1N1CC=C[C@]23O[C@H]4C=CCN(c5ccccc5)C(=O)[C@H]4[C@H]2C(=O)N(CCCO)C3C1=O. The highest BCUT2D eigenvalue weighted by Crippen LogP contribution is 2.54. The van der Waals surface area contributed by atoms with E-state index in [1.165, 1.54) is 4.90 Å². The molecule has 9 heteroatoms. The number of aryl methyl sites for hydroxylation is 1. The van der Waals surface area contributed by atoms with E-state index < -0.39 is 29.6 Å². The first-order valence-corrected chi connectivity index (χ1v) is 13.6. The molecule has 6 rings (SSSR count). The third kappa shape index (κ3) is 3.92. The first-order valence-electron chi connectivity index (χ1n) is 13.3. The minimum Gasteiger partial charge on any atom is -0.396 e. The number of carbonyl (C=O) groups is 3. The van der Waals surface area contributed by atoms with Gasteiger partial charge in [0.05, 0.1) is 28.6 Å². The van der Waals surface area contributed by atoms with Gasteiger partial charge >= 0.3 is 0 Å². The molecule has 4 heterocycles. The van der Waals surface area contributed by atoms with Gasteiger partial charge < -0.3 is 24.5 Å². The lowest BCUT2D eigenvalue weighted by atomic mass is 9.77. The van der Waals surface area contributed by atoms with Gasteiger partial charge in [0.15, 0.2) is 0 Å². The lowest BCUT2D eigenvalue weighted by Crippen LogP contribution is -2.55. The number of ether oxygens (including phenoxy) is 1. The van der Waals surface area contributed by atoms with E-state index in [4.69, 9.17) is 16.3 Å². The van der Waals surface area contributed by atoms with Crippen LogP contribution in [0.1, 0.15) is 12.0 Å². The summed E-state index contributed by atoms with van der Waals surface area (Å²) in [4.78, 5) is 47.5. The fraction of sp³-hybridized carbons (Fsp3) is 0.367. The number of nitrogens with zero attached hydrogens (tertiary/aromatic N) is 3. The Morgan fingerprint density at radius 2 is 1.74 bits per heavy atom. The van der Waals surface area contributed by atoms with Crippen LogP contribution in [0.3, 0.4) is 0 Å². The Labute approximate surface area is 232 Å². The zero-order valence-electron chi connectivity index (χ0n) is 21.6. The quantitative estimate of drug-likeness (QED) is 0.581. The van der Waals surface area contributed by atoms with E-state index in [9.17, 15) is 19.5 Å². The molecule has 4 aliphatic heterocycles. The second-order valence-electron chi connectivity index (χ2n) is 10.4. The molecule has 0 aliphatic carbocycles. The van der Waals surface area contributed by atoms with Crippen LogP contribution in [0.15, 0.2) is 72.8 Å². The smallest absolute Gasteiger partial charge is 0.253 e. The molecule has 3 amide bonds. The van der Waals surface area contributed by atoms with Crippen molar-refractivity contribution in [2.45, 2.75) is 31.1 Å². The number of rotatable bonds is 5. The van der Waals surface area contributed by atoms with Crippen LogP contribution in [0.2, 0.25) is 5.02 Å². The number of halogens is 1. The minimum absolute atomic E-state index is 0.137. The summed E-state index contributed by atoms with van der Waals surface area (Å²) in [6.07, 6.45) is 7.02. The topological polar surface area (TPSA) is 90.4 Å². The minimum atomic E-state index is -1.33. The summed E-state index contributed by atoms with van der Waals surface area (Å²) in [6, 6.07) is 13.8. The lowest BCUT2D eigenvalue weighted by Gasteiger charge is -2.35. The maximum atomic E-state index is 14.4. The second kappa shape index (κ2) is 9.93. The van der Waals surface area contributed by atoms with Crippen molar-refractivity contribution in [2.75, 3.05) is 36.0 Å². The number of likely N-dealkylation sites (tertiary alicyclic amines) is 1. The second-order valence-corrected chi connectivity index (χ2v) is 10.8. The van der Waals surface area contributed by atoms with E-state index in [0.29, 0.717) is 23.7 Å². The summed E-state index contributed by atoms with van der Waals surface area (Å²) in [5, 5.41) is 10.0. The van der Waals surface area contributed by atoms with Gasteiger partial charge in [-0.05, 0) is 37.1 Å². The van der Waals surface area contributed by atoms with Gasteiger partial charge in [-0.25, -0.2) is 0 Å². The van der Waals surface area contributed by atoms with E-state index in [-0.39, 0.29) is 37.4 Å². The van der Waals surface area contributed by atoms with Gasteiger partial charge in [-0.15, -0.1) is 0 Å². The molecule has 2 aromatic rings. The zero-order valence-corrected chi connectivity index (χ0v) is 22.3. The number of hydrogen-bond donors (Lipinski definition) is 1. The standard InChI is InChI=1S/C30H30ClN3O5/c1-19-9-5-12-21(31)25(19)33-16-7-14-30-24(28(37)34(17-8-18-35)26(30)29(33)38)23-22(39-30)13-6-15-32(27(23)36)20-10-3-2-4-11-20/h2-7,9-14,22-24,26,35H,8,15-18H2,1H3/t22-,23+,24-,26?,30-/m0/s1. The Kier molecular flexibility index (Phi) is 6.57. The molecule has 1 unspecified atom stereocenters.